The summed E-state index contributed by atoms with van der Waals surface area (Å²) < 4.78 is 27.9. The van der Waals surface area contributed by atoms with E-state index in [1.165, 1.54) is 19.6 Å². The minimum atomic E-state index is -3.79. The zero-order valence-corrected chi connectivity index (χ0v) is 12.6. The molecule has 0 bridgehead atoms. The van der Waals surface area contributed by atoms with E-state index >= 15 is 0 Å². The monoisotopic (exact) mass is 307 g/mol. The Balaban J connectivity index is 2.48. The third-order valence-electron chi connectivity index (χ3n) is 3.13. The average Bonchev–Trinajstić information content (AvgIpc) is 2.96. The fraction of sp³-hybridized carbons (Fsp3) is 0.231. The number of anilines is 1. The Hall–Kier alpha value is -2.35. The molecular formula is C13H17N5O2S. The summed E-state index contributed by atoms with van der Waals surface area (Å²) in [5.74, 6) is -0.188. The zero-order valence-electron chi connectivity index (χ0n) is 11.8. The van der Waals surface area contributed by atoms with Crippen LogP contribution in [0, 0.1) is 5.41 Å². The van der Waals surface area contributed by atoms with E-state index in [-0.39, 0.29) is 10.9 Å². The number of hydrogen-bond donors (Lipinski definition) is 2. The number of nitrogens with one attached hydrogen (secondary N) is 1. The largest absolute Gasteiger partial charge is 0.384 e. The van der Waals surface area contributed by atoms with Gasteiger partial charge in [0, 0.05) is 25.4 Å². The van der Waals surface area contributed by atoms with Crippen molar-refractivity contribution in [1.29, 1.82) is 5.41 Å². The topological polar surface area (TPSA) is 105 Å². The summed E-state index contributed by atoms with van der Waals surface area (Å²) in [5, 5.41) is 7.51. The predicted molar refractivity (Wildman–Crippen MR) is 80.9 cm³/mol. The molecule has 1 aromatic carbocycles. The van der Waals surface area contributed by atoms with Gasteiger partial charge in [-0.15, -0.1) is 0 Å². The van der Waals surface area contributed by atoms with Crippen molar-refractivity contribution in [3.63, 3.8) is 0 Å². The molecule has 8 heteroatoms. The molecule has 2 rings (SSSR count). The van der Waals surface area contributed by atoms with Crippen molar-refractivity contribution in [2.45, 2.75) is 18.5 Å². The van der Waals surface area contributed by atoms with Crippen molar-refractivity contribution < 1.29 is 8.42 Å². The molecule has 0 atom stereocenters. The molecule has 0 amide bonds. The molecule has 0 spiro atoms. The maximum absolute atomic E-state index is 12.6. The van der Waals surface area contributed by atoms with Crippen LogP contribution >= 0.6 is 0 Å². The Labute approximate surface area is 123 Å². The lowest BCUT2D eigenvalue weighted by Crippen LogP contribution is -2.29. The van der Waals surface area contributed by atoms with Gasteiger partial charge in [-0.1, -0.05) is 12.1 Å². The van der Waals surface area contributed by atoms with Crippen LogP contribution in [0.5, 0.6) is 0 Å². The molecule has 0 aliphatic carbocycles. The number of rotatable bonds is 5. The molecule has 0 aliphatic rings. The summed E-state index contributed by atoms with van der Waals surface area (Å²) in [7, 11) is -2.37. The number of hydrogen-bond acceptors (Lipinski definition) is 4. The van der Waals surface area contributed by atoms with Crippen LogP contribution in [0.3, 0.4) is 0 Å². The van der Waals surface area contributed by atoms with Crippen molar-refractivity contribution >= 4 is 21.5 Å². The Morgan fingerprint density at radius 3 is 2.67 bits per heavy atom. The number of aryl methyl sites for hydroxylation is 1. The Kier molecular flexibility index (Phi) is 3.99. The number of para-hydroxylation sites is 1. The van der Waals surface area contributed by atoms with E-state index in [0.717, 1.165) is 4.31 Å². The first kappa shape index (κ1) is 15.0. The summed E-state index contributed by atoms with van der Waals surface area (Å²) in [6, 6.07) is 6.60. The van der Waals surface area contributed by atoms with Crippen molar-refractivity contribution in [2.24, 2.45) is 5.73 Å². The van der Waals surface area contributed by atoms with Gasteiger partial charge in [-0.05, 0) is 19.1 Å². The van der Waals surface area contributed by atoms with Crippen LogP contribution in [-0.4, -0.2) is 30.9 Å². The molecule has 0 aliphatic heterocycles. The summed E-state index contributed by atoms with van der Waals surface area (Å²) in [6.45, 7) is 2.53. The highest BCUT2D eigenvalue weighted by molar-refractivity contribution is 7.92. The first-order valence-corrected chi connectivity index (χ1v) is 7.76. The number of amidine groups is 1. The van der Waals surface area contributed by atoms with Gasteiger partial charge in [-0.2, -0.15) is 8.42 Å². The first-order valence-electron chi connectivity index (χ1n) is 6.32. The Morgan fingerprint density at radius 2 is 2.10 bits per heavy atom. The van der Waals surface area contributed by atoms with E-state index in [2.05, 4.69) is 4.98 Å². The van der Waals surface area contributed by atoms with Crippen LogP contribution in [0.4, 0.5) is 5.69 Å². The second-order valence-corrected chi connectivity index (χ2v) is 6.36. The lowest BCUT2D eigenvalue weighted by atomic mass is 10.1. The predicted octanol–water partition coefficient (Wildman–Crippen LogP) is 1.01. The normalized spacial score (nSPS) is 11.3. The zero-order chi connectivity index (χ0) is 15.6. The third-order valence-corrected chi connectivity index (χ3v) is 4.79. The van der Waals surface area contributed by atoms with Gasteiger partial charge in [0.15, 0.2) is 5.03 Å². The number of sulfonamides is 1. The second-order valence-electron chi connectivity index (χ2n) is 4.45. The molecule has 112 valence electrons. The van der Waals surface area contributed by atoms with E-state index in [4.69, 9.17) is 11.1 Å². The molecule has 0 radical (unpaired) electrons. The lowest BCUT2D eigenvalue weighted by Gasteiger charge is -2.20. The second kappa shape index (κ2) is 5.57. The molecule has 3 N–H and O–H groups in total. The highest BCUT2D eigenvalue weighted by Crippen LogP contribution is 2.24. The van der Waals surface area contributed by atoms with Crippen LogP contribution in [-0.2, 0) is 16.6 Å². The van der Waals surface area contributed by atoms with Gasteiger partial charge in [-0.3, -0.25) is 9.71 Å². The summed E-state index contributed by atoms with van der Waals surface area (Å²) in [6.07, 6.45) is 2.94. The van der Waals surface area contributed by atoms with Crippen LogP contribution in [0.1, 0.15) is 12.5 Å². The van der Waals surface area contributed by atoms with Crippen molar-refractivity contribution in [3.05, 3.63) is 42.4 Å². The van der Waals surface area contributed by atoms with Gasteiger partial charge in [0.25, 0.3) is 10.0 Å². The van der Waals surface area contributed by atoms with Crippen molar-refractivity contribution in [3.8, 4) is 0 Å². The Morgan fingerprint density at radius 1 is 1.43 bits per heavy atom. The van der Waals surface area contributed by atoms with Crippen molar-refractivity contribution in [1.82, 2.24) is 9.55 Å². The SMILES string of the molecule is CCn1cnc(S(=O)(=O)N(C)c2ccccc2C(=N)N)c1. The maximum atomic E-state index is 12.6. The number of nitrogens with two attached hydrogens (primary N) is 1. The van der Waals surface area contributed by atoms with Crippen LogP contribution < -0.4 is 10.0 Å². The maximum Gasteiger partial charge on any atom is 0.283 e. The highest BCUT2D eigenvalue weighted by atomic mass is 32.2. The summed E-state index contributed by atoms with van der Waals surface area (Å²) in [5.41, 5.74) is 6.21. The van der Waals surface area contributed by atoms with E-state index in [9.17, 15) is 8.42 Å². The number of imidazole rings is 1. The minimum absolute atomic E-state index is 0.0368. The minimum Gasteiger partial charge on any atom is -0.384 e. The number of nitrogen functional groups attached to an aromatic ring is 1. The molecule has 21 heavy (non-hydrogen) atoms. The van der Waals surface area contributed by atoms with Crippen LogP contribution in [0.2, 0.25) is 0 Å². The molecule has 1 heterocycles. The molecule has 2 aromatic rings. The number of nitrogens with zero attached hydrogens (tertiary/aromatic N) is 3. The third kappa shape index (κ3) is 2.75. The smallest absolute Gasteiger partial charge is 0.283 e. The number of benzene rings is 1. The highest BCUT2D eigenvalue weighted by Gasteiger charge is 2.25. The average molecular weight is 307 g/mol. The van der Waals surface area contributed by atoms with Crippen LogP contribution in [0.25, 0.3) is 0 Å². The summed E-state index contributed by atoms with van der Waals surface area (Å²) >= 11 is 0. The van der Waals surface area contributed by atoms with E-state index in [0.29, 0.717) is 17.8 Å². The molecule has 0 fully saturated rings. The summed E-state index contributed by atoms with van der Waals surface area (Å²) in [4.78, 5) is 3.93. The molecule has 0 saturated heterocycles. The van der Waals surface area contributed by atoms with Crippen LogP contribution in [0.15, 0.2) is 41.8 Å². The fourth-order valence-electron chi connectivity index (χ4n) is 1.89. The van der Waals surface area contributed by atoms with Gasteiger partial charge in [0.1, 0.15) is 5.84 Å². The van der Waals surface area contributed by atoms with E-state index < -0.39 is 10.0 Å². The van der Waals surface area contributed by atoms with Gasteiger partial charge in [0.05, 0.1) is 12.0 Å². The van der Waals surface area contributed by atoms with Gasteiger partial charge < -0.3 is 10.3 Å². The van der Waals surface area contributed by atoms with E-state index in [1.807, 2.05) is 6.92 Å². The quantitative estimate of drug-likeness (QED) is 0.635. The van der Waals surface area contributed by atoms with Gasteiger partial charge in [0.2, 0.25) is 0 Å². The molecule has 0 saturated carbocycles. The van der Waals surface area contributed by atoms with E-state index in [1.54, 1.807) is 28.8 Å². The lowest BCUT2D eigenvalue weighted by molar-refractivity contribution is 0.591. The molecular weight excluding hydrogens is 290 g/mol. The molecule has 1 aromatic heterocycles. The number of aromatic nitrogens is 2. The molecule has 7 nitrogen and oxygen atoms in total. The standard InChI is InChI=1S/C13H17N5O2S/c1-3-18-8-12(16-9-18)21(19,20)17(2)11-7-5-4-6-10(11)13(14)15/h4-9H,3H2,1-2H3,(H3,14,15). The Bertz CT molecular complexity index is 766. The fourth-order valence-corrected chi connectivity index (χ4v) is 3.04. The first-order chi connectivity index (χ1) is 9.87. The van der Waals surface area contributed by atoms with Gasteiger partial charge in [-0.25, -0.2) is 4.98 Å². The van der Waals surface area contributed by atoms with Gasteiger partial charge >= 0.3 is 0 Å². The van der Waals surface area contributed by atoms with Crippen molar-refractivity contribution in [2.75, 3.05) is 11.4 Å². The molecule has 0 unspecified atom stereocenters.